The van der Waals surface area contributed by atoms with Crippen molar-refractivity contribution < 1.29 is 19.5 Å². The molecule has 13 heavy (non-hydrogen) atoms. The predicted octanol–water partition coefficient (Wildman–Crippen LogP) is 0.308. The van der Waals surface area contributed by atoms with Crippen LogP contribution in [0.3, 0.4) is 0 Å². The number of aliphatic carboxylic acids is 1. The van der Waals surface area contributed by atoms with Gasteiger partial charge in [-0.3, -0.25) is 4.79 Å². The Labute approximate surface area is 79.4 Å². The van der Waals surface area contributed by atoms with Crippen molar-refractivity contribution in [1.29, 1.82) is 0 Å². The van der Waals surface area contributed by atoms with Gasteiger partial charge in [0.15, 0.2) is 0 Å². The normalized spacial score (nSPS) is 14.2. The quantitative estimate of drug-likeness (QED) is 0.593. The van der Waals surface area contributed by atoms with E-state index >= 15 is 0 Å². The van der Waals surface area contributed by atoms with Crippen molar-refractivity contribution in [3.63, 3.8) is 0 Å². The average molecular weight is 190 g/mol. The number of aliphatic hydroxyl groups is 1. The minimum Gasteiger partial charge on any atom is -0.481 e. The molecule has 0 radical (unpaired) electrons. The summed E-state index contributed by atoms with van der Waals surface area (Å²) >= 11 is 0. The second kappa shape index (κ2) is 5.19. The van der Waals surface area contributed by atoms with E-state index in [9.17, 15) is 9.90 Å². The van der Waals surface area contributed by atoms with Crippen molar-refractivity contribution in [2.24, 2.45) is 0 Å². The van der Waals surface area contributed by atoms with Crippen LogP contribution in [-0.2, 0) is 4.79 Å². The number of carboxylic acid groups (broad SMARTS) is 1. The van der Waals surface area contributed by atoms with Crippen molar-refractivity contribution in [2.45, 2.75) is 26.4 Å². The summed E-state index contributed by atoms with van der Waals surface area (Å²) in [6.45, 7) is 6.41. The van der Waals surface area contributed by atoms with Crippen LogP contribution in [-0.4, -0.2) is 53.5 Å². The highest BCUT2D eigenvalue weighted by Gasteiger charge is 2.22. The summed E-state index contributed by atoms with van der Waals surface area (Å²) < 4.78 is 0.717. The molecule has 4 heteroatoms. The molecule has 0 spiro atoms. The Bertz CT molecular complexity index is 166. The van der Waals surface area contributed by atoms with E-state index in [4.69, 9.17) is 5.11 Å². The lowest BCUT2D eigenvalue weighted by molar-refractivity contribution is -0.909. The van der Waals surface area contributed by atoms with E-state index in [1.165, 1.54) is 0 Å². The van der Waals surface area contributed by atoms with Crippen LogP contribution in [0, 0.1) is 0 Å². The van der Waals surface area contributed by atoms with E-state index in [-0.39, 0.29) is 6.42 Å². The third kappa shape index (κ3) is 4.85. The van der Waals surface area contributed by atoms with Crippen LogP contribution in [0.4, 0.5) is 0 Å². The van der Waals surface area contributed by atoms with Gasteiger partial charge in [-0.25, -0.2) is 0 Å². The topological polar surface area (TPSA) is 57.5 Å². The molecule has 78 valence electrons. The van der Waals surface area contributed by atoms with Gasteiger partial charge in [-0.2, -0.15) is 0 Å². The highest BCUT2D eigenvalue weighted by molar-refractivity contribution is 5.67. The smallest absolute Gasteiger partial charge is 0.306 e. The first kappa shape index (κ1) is 12.4. The summed E-state index contributed by atoms with van der Waals surface area (Å²) in [6, 6.07) is 0. The van der Waals surface area contributed by atoms with Crippen LogP contribution in [0.5, 0.6) is 0 Å². The third-order valence-corrected chi connectivity index (χ3v) is 2.59. The number of nitrogens with zero attached hydrogens (tertiary/aromatic N) is 1. The van der Waals surface area contributed by atoms with E-state index in [1.54, 1.807) is 0 Å². The lowest BCUT2D eigenvalue weighted by Gasteiger charge is -2.33. The lowest BCUT2D eigenvalue weighted by Crippen LogP contribution is -2.48. The fraction of sp³-hybridized carbons (Fsp3) is 0.889. The van der Waals surface area contributed by atoms with Gasteiger partial charge in [0.25, 0.3) is 0 Å². The summed E-state index contributed by atoms with van der Waals surface area (Å²) in [6.07, 6.45) is -0.893. The van der Waals surface area contributed by atoms with Crippen LogP contribution in [0.15, 0.2) is 0 Å². The number of carbonyl (C=O) groups is 1. The fourth-order valence-electron chi connectivity index (χ4n) is 1.26. The molecule has 0 heterocycles. The van der Waals surface area contributed by atoms with Gasteiger partial charge in [0, 0.05) is 0 Å². The summed E-state index contributed by atoms with van der Waals surface area (Å²) in [5.74, 6) is -0.939. The molecule has 0 aromatic rings. The van der Waals surface area contributed by atoms with E-state index in [2.05, 4.69) is 0 Å². The van der Waals surface area contributed by atoms with Crippen molar-refractivity contribution in [3.05, 3.63) is 0 Å². The van der Waals surface area contributed by atoms with Gasteiger partial charge >= 0.3 is 5.97 Å². The summed E-state index contributed by atoms with van der Waals surface area (Å²) in [7, 11) is 2.02. The first-order chi connectivity index (χ1) is 5.93. The highest BCUT2D eigenvalue weighted by atomic mass is 16.4. The zero-order valence-electron chi connectivity index (χ0n) is 8.66. The molecule has 0 bridgehead atoms. The number of hydrogen-bond donors (Lipinski definition) is 2. The van der Waals surface area contributed by atoms with E-state index in [0.29, 0.717) is 11.0 Å². The van der Waals surface area contributed by atoms with Crippen molar-refractivity contribution in [2.75, 3.05) is 26.7 Å². The van der Waals surface area contributed by atoms with Gasteiger partial charge in [0.1, 0.15) is 12.6 Å². The summed E-state index contributed by atoms with van der Waals surface area (Å²) in [5, 5.41) is 17.9. The molecule has 0 aliphatic heterocycles. The number of likely N-dealkylation sites (N-methyl/N-ethyl adjacent to an activating group) is 1. The number of rotatable bonds is 6. The van der Waals surface area contributed by atoms with Crippen LogP contribution in [0.2, 0.25) is 0 Å². The second-order valence-electron chi connectivity index (χ2n) is 3.69. The molecule has 0 fully saturated rings. The molecule has 0 aliphatic rings. The highest BCUT2D eigenvalue weighted by Crippen LogP contribution is 2.05. The van der Waals surface area contributed by atoms with Crippen molar-refractivity contribution >= 4 is 5.97 Å². The molecule has 4 nitrogen and oxygen atoms in total. The van der Waals surface area contributed by atoms with Gasteiger partial charge in [-0.15, -0.1) is 0 Å². The molecule has 0 aliphatic carbocycles. The molecule has 0 aromatic heterocycles. The average Bonchev–Trinajstić information content (AvgIpc) is 2.02. The van der Waals surface area contributed by atoms with Gasteiger partial charge < -0.3 is 14.7 Å². The maximum Gasteiger partial charge on any atom is 0.306 e. The first-order valence-electron chi connectivity index (χ1n) is 4.67. The SMILES string of the molecule is CC[N+](C)(CC)CC(O)CC(=O)O. The molecular weight excluding hydrogens is 170 g/mol. The molecule has 2 N–H and O–H groups in total. The summed E-state index contributed by atoms with van der Waals surface area (Å²) in [5.41, 5.74) is 0. The Morgan fingerprint density at radius 2 is 1.85 bits per heavy atom. The Balaban J connectivity index is 4.01. The third-order valence-electron chi connectivity index (χ3n) is 2.59. The molecular formula is C9H20NO3+. The first-order valence-corrected chi connectivity index (χ1v) is 4.67. The molecule has 0 rings (SSSR count). The molecule has 0 aromatic carbocycles. The second-order valence-corrected chi connectivity index (χ2v) is 3.69. The van der Waals surface area contributed by atoms with Crippen LogP contribution in [0.1, 0.15) is 20.3 Å². The molecule has 0 saturated heterocycles. The van der Waals surface area contributed by atoms with Gasteiger partial charge in [-0.1, -0.05) is 0 Å². The lowest BCUT2D eigenvalue weighted by atomic mass is 10.2. The minimum absolute atomic E-state index is 0.159. The van der Waals surface area contributed by atoms with Gasteiger partial charge in [-0.05, 0) is 13.8 Å². The standard InChI is InChI=1S/C9H19NO3/c1-4-10(3,5-2)7-8(11)6-9(12)13/h8,11H,4-7H2,1-3H3/p+1. The van der Waals surface area contributed by atoms with Gasteiger partial charge in [0.2, 0.25) is 0 Å². The van der Waals surface area contributed by atoms with Crippen molar-refractivity contribution in [1.82, 2.24) is 0 Å². The monoisotopic (exact) mass is 190 g/mol. The molecule has 1 atom stereocenters. The van der Waals surface area contributed by atoms with Crippen LogP contribution < -0.4 is 0 Å². The van der Waals surface area contributed by atoms with Crippen LogP contribution >= 0.6 is 0 Å². The predicted molar refractivity (Wildman–Crippen MR) is 50.4 cm³/mol. The zero-order chi connectivity index (χ0) is 10.5. The number of quaternary nitrogens is 1. The molecule has 0 amide bonds. The number of carboxylic acids is 1. The number of hydrogen-bond acceptors (Lipinski definition) is 2. The minimum atomic E-state index is -0.939. The fourth-order valence-corrected chi connectivity index (χ4v) is 1.26. The maximum atomic E-state index is 10.3. The summed E-state index contributed by atoms with van der Waals surface area (Å²) in [4.78, 5) is 10.3. The Kier molecular flexibility index (Phi) is 4.95. The molecule has 1 unspecified atom stereocenters. The largest absolute Gasteiger partial charge is 0.481 e. The zero-order valence-corrected chi connectivity index (χ0v) is 8.66. The van der Waals surface area contributed by atoms with E-state index in [0.717, 1.165) is 13.1 Å². The van der Waals surface area contributed by atoms with E-state index < -0.39 is 12.1 Å². The maximum absolute atomic E-state index is 10.3. The van der Waals surface area contributed by atoms with E-state index in [1.807, 2.05) is 20.9 Å². The Morgan fingerprint density at radius 3 is 2.15 bits per heavy atom. The number of aliphatic hydroxyl groups excluding tert-OH is 1. The molecule has 0 saturated carbocycles. The van der Waals surface area contributed by atoms with Crippen LogP contribution in [0.25, 0.3) is 0 Å². The Morgan fingerprint density at radius 1 is 1.38 bits per heavy atom. The van der Waals surface area contributed by atoms with Gasteiger partial charge in [0.05, 0.1) is 26.6 Å². The Hall–Kier alpha value is -0.610. The van der Waals surface area contributed by atoms with Crippen molar-refractivity contribution in [3.8, 4) is 0 Å².